The molecule has 1 aliphatic heterocycles. The minimum atomic E-state index is -1.33. The van der Waals surface area contributed by atoms with Crippen molar-refractivity contribution >= 4 is 11.9 Å². The smallest absolute Gasteiger partial charge is 0.324 e. The third kappa shape index (κ3) is 2.66. The fraction of sp³-hybridized carbons (Fsp3) is 0.846. The molecule has 0 bridgehead atoms. The van der Waals surface area contributed by atoms with Crippen molar-refractivity contribution < 1.29 is 19.4 Å². The Labute approximate surface area is 107 Å². The van der Waals surface area contributed by atoms with Crippen LogP contribution < -0.4 is 5.32 Å². The van der Waals surface area contributed by atoms with Gasteiger partial charge in [0.1, 0.15) is 0 Å². The SMILES string of the molecule is O=C(O)C1(C(=O)NCCC2CCCCC2)COC1. The van der Waals surface area contributed by atoms with E-state index < -0.39 is 17.3 Å². The Morgan fingerprint density at radius 2 is 1.89 bits per heavy atom. The number of amides is 1. The first-order valence-electron chi connectivity index (χ1n) is 6.74. The van der Waals surface area contributed by atoms with Crippen LogP contribution >= 0.6 is 0 Å². The summed E-state index contributed by atoms with van der Waals surface area (Å²) in [6, 6.07) is 0. The lowest BCUT2D eigenvalue weighted by Gasteiger charge is -2.35. The number of hydrogen-bond donors (Lipinski definition) is 2. The predicted molar refractivity (Wildman–Crippen MR) is 65.1 cm³/mol. The summed E-state index contributed by atoms with van der Waals surface area (Å²) in [7, 11) is 0. The van der Waals surface area contributed by atoms with Crippen LogP contribution in [0.3, 0.4) is 0 Å². The molecule has 0 spiro atoms. The molecule has 0 aromatic carbocycles. The molecule has 2 fully saturated rings. The molecule has 0 radical (unpaired) electrons. The Balaban J connectivity index is 1.72. The number of aliphatic carboxylic acids is 1. The Bertz CT molecular complexity index is 319. The molecule has 2 rings (SSSR count). The summed E-state index contributed by atoms with van der Waals surface area (Å²) >= 11 is 0. The number of carbonyl (C=O) groups is 2. The molecule has 18 heavy (non-hydrogen) atoms. The predicted octanol–water partition coefficient (Wildman–Crippen LogP) is 1.17. The summed E-state index contributed by atoms with van der Waals surface area (Å²) in [4.78, 5) is 22.9. The number of carboxylic acids is 1. The lowest BCUT2D eigenvalue weighted by atomic mass is 9.84. The quantitative estimate of drug-likeness (QED) is 0.723. The summed E-state index contributed by atoms with van der Waals surface area (Å²) in [6.07, 6.45) is 7.33. The third-order valence-electron chi connectivity index (χ3n) is 4.10. The molecule has 5 heteroatoms. The molecule has 1 aliphatic carbocycles. The van der Waals surface area contributed by atoms with Gasteiger partial charge >= 0.3 is 5.97 Å². The van der Waals surface area contributed by atoms with E-state index in [-0.39, 0.29) is 13.2 Å². The number of hydrogen-bond acceptors (Lipinski definition) is 3. The molecule has 102 valence electrons. The van der Waals surface area contributed by atoms with E-state index in [4.69, 9.17) is 9.84 Å². The molecule has 2 N–H and O–H groups in total. The molecular weight excluding hydrogens is 234 g/mol. The standard InChI is InChI=1S/C13H21NO4/c15-11(13(12(16)17)8-18-9-13)14-7-6-10-4-2-1-3-5-10/h10H,1-9H2,(H,14,15)(H,16,17). The van der Waals surface area contributed by atoms with Gasteiger partial charge in [-0.05, 0) is 12.3 Å². The van der Waals surface area contributed by atoms with Gasteiger partial charge in [-0.1, -0.05) is 32.1 Å². The van der Waals surface area contributed by atoms with Gasteiger partial charge < -0.3 is 15.2 Å². The number of nitrogens with one attached hydrogen (secondary N) is 1. The Morgan fingerprint density at radius 1 is 1.22 bits per heavy atom. The average Bonchev–Trinajstić information content (AvgIpc) is 2.28. The second-order valence-corrected chi connectivity index (χ2v) is 5.43. The largest absolute Gasteiger partial charge is 0.480 e. The Morgan fingerprint density at radius 3 is 2.39 bits per heavy atom. The first-order chi connectivity index (χ1) is 8.65. The molecule has 1 heterocycles. The van der Waals surface area contributed by atoms with Gasteiger partial charge in [-0.2, -0.15) is 0 Å². The van der Waals surface area contributed by atoms with E-state index in [1.165, 1.54) is 32.1 Å². The molecule has 0 aromatic heterocycles. The van der Waals surface area contributed by atoms with Gasteiger partial charge in [0.05, 0.1) is 13.2 Å². The van der Waals surface area contributed by atoms with E-state index >= 15 is 0 Å². The zero-order valence-corrected chi connectivity index (χ0v) is 10.6. The molecule has 2 aliphatic rings. The average molecular weight is 255 g/mol. The van der Waals surface area contributed by atoms with Crippen LogP contribution in [0.1, 0.15) is 38.5 Å². The number of carbonyl (C=O) groups excluding carboxylic acids is 1. The highest BCUT2D eigenvalue weighted by atomic mass is 16.5. The molecule has 0 atom stereocenters. The van der Waals surface area contributed by atoms with Crippen molar-refractivity contribution in [2.45, 2.75) is 38.5 Å². The van der Waals surface area contributed by atoms with E-state index in [0.29, 0.717) is 12.5 Å². The molecule has 1 amide bonds. The highest BCUT2D eigenvalue weighted by Gasteiger charge is 2.53. The number of carboxylic acid groups (broad SMARTS) is 1. The minimum Gasteiger partial charge on any atom is -0.480 e. The molecule has 1 saturated heterocycles. The second kappa shape index (κ2) is 5.69. The Kier molecular flexibility index (Phi) is 4.22. The van der Waals surface area contributed by atoms with Crippen molar-refractivity contribution in [2.75, 3.05) is 19.8 Å². The Hall–Kier alpha value is -1.10. The molecule has 1 saturated carbocycles. The van der Waals surface area contributed by atoms with Gasteiger partial charge in [0.15, 0.2) is 5.41 Å². The van der Waals surface area contributed by atoms with Crippen LogP contribution in [0, 0.1) is 11.3 Å². The van der Waals surface area contributed by atoms with Gasteiger partial charge in [-0.25, -0.2) is 0 Å². The fourth-order valence-electron chi connectivity index (χ4n) is 2.69. The van der Waals surface area contributed by atoms with Gasteiger partial charge in [0, 0.05) is 6.54 Å². The summed E-state index contributed by atoms with van der Waals surface area (Å²) in [5, 5.41) is 11.8. The van der Waals surface area contributed by atoms with Gasteiger partial charge in [-0.15, -0.1) is 0 Å². The topological polar surface area (TPSA) is 75.6 Å². The van der Waals surface area contributed by atoms with E-state index in [1.807, 2.05) is 0 Å². The van der Waals surface area contributed by atoms with Crippen molar-refractivity contribution in [3.8, 4) is 0 Å². The molecule has 0 aromatic rings. The fourth-order valence-corrected chi connectivity index (χ4v) is 2.69. The van der Waals surface area contributed by atoms with Crippen LogP contribution in [-0.2, 0) is 14.3 Å². The lowest BCUT2D eigenvalue weighted by Crippen LogP contribution is -2.59. The van der Waals surface area contributed by atoms with Gasteiger partial charge in [0.25, 0.3) is 0 Å². The van der Waals surface area contributed by atoms with Crippen molar-refractivity contribution in [1.82, 2.24) is 5.32 Å². The number of ether oxygens (including phenoxy) is 1. The highest BCUT2D eigenvalue weighted by molar-refractivity contribution is 6.03. The minimum absolute atomic E-state index is 0.00239. The van der Waals surface area contributed by atoms with Crippen molar-refractivity contribution in [3.63, 3.8) is 0 Å². The van der Waals surface area contributed by atoms with Crippen LogP contribution in [0.4, 0.5) is 0 Å². The van der Waals surface area contributed by atoms with Crippen molar-refractivity contribution in [1.29, 1.82) is 0 Å². The van der Waals surface area contributed by atoms with E-state index in [2.05, 4.69) is 5.32 Å². The zero-order chi connectivity index (χ0) is 13.0. The van der Waals surface area contributed by atoms with Crippen LogP contribution in [0.15, 0.2) is 0 Å². The van der Waals surface area contributed by atoms with Crippen molar-refractivity contribution in [2.24, 2.45) is 11.3 Å². The summed E-state index contributed by atoms with van der Waals surface area (Å²) in [6.45, 7) is 0.577. The van der Waals surface area contributed by atoms with Crippen molar-refractivity contribution in [3.05, 3.63) is 0 Å². The molecule has 5 nitrogen and oxygen atoms in total. The third-order valence-corrected chi connectivity index (χ3v) is 4.10. The van der Waals surface area contributed by atoms with Gasteiger partial charge in [0.2, 0.25) is 5.91 Å². The second-order valence-electron chi connectivity index (χ2n) is 5.43. The first kappa shape index (κ1) is 13.3. The maximum absolute atomic E-state index is 11.9. The summed E-state index contributed by atoms with van der Waals surface area (Å²) in [5.41, 5.74) is -1.33. The molecule has 0 unspecified atom stereocenters. The van der Waals surface area contributed by atoms with Crippen LogP contribution in [0.25, 0.3) is 0 Å². The zero-order valence-electron chi connectivity index (χ0n) is 10.6. The van der Waals surface area contributed by atoms with Gasteiger partial charge in [-0.3, -0.25) is 9.59 Å². The van der Waals surface area contributed by atoms with E-state index in [0.717, 1.165) is 6.42 Å². The summed E-state index contributed by atoms with van der Waals surface area (Å²) in [5.74, 6) is -0.779. The van der Waals surface area contributed by atoms with E-state index in [9.17, 15) is 9.59 Å². The van der Waals surface area contributed by atoms with E-state index in [1.54, 1.807) is 0 Å². The lowest BCUT2D eigenvalue weighted by molar-refractivity contribution is -0.185. The first-order valence-corrected chi connectivity index (χ1v) is 6.74. The van der Waals surface area contributed by atoms with Crippen LogP contribution in [-0.4, -0.2) is 36.7 Å². The van der Waals surface area contributed by atoms with Crippen LogP contribution in [0.5, 0.6) is 0 Å². The maximum Gasteiger partial charge on any atom is 0.324 e. The maximum atomic E-state index is 11.9. The normalized spacial score (nSPS) is 23.1. The highest BCUT2D eigenvalue weighted by Crippen LogP contribution is 2.29. The monoisotopic (exact) mass is 255 g/mol. The summed E-state index contributed by atoms with van der Waals surface area (Å²) < 4.78 is 4.88. The van der Waals surface area contributed by atoms with Crippen LogP contribution in [0.2, 0.25) is 0 Å². The molecular formula is C13H21NO4. The number of rotatable bonds is 5.